The van der Waals surface area contributed by atoms with Crippen LogP contribution in [-0.2, 0) is 24.0 Å². The highest BCUT2D eigenvalue weighted by atomic mass is 16.7. The summed E-state index contributed by atoms with van der Waals surface area (Å²) < 4.78 is 4.83. The Morgan fingerprint density at radius 1 is 1.39 bits per heavy atom. The normalized spacial score (nSPS) is 15.5. The minimum atomic E-state index is -0.728. The first-order valence-electron chi connectivity index (χ1n) is 5.42. The van der Waals surface area contributed by atoms with Crippen LogP contribution in [0.5, 0.6) is 0 Å². The molecule has 18 heavy (non-hydrogen) atoms. The average molecular weight is 258 g/mol. The van der Waals surface area contributed by atoms with Gasteiger partial charge in [-0.25, -0.2) is 4.79 Å². The fourth-order valence-corrected chi connectivity index (χ4v) is 1.16. The number of ether oxygens (including phenoxy) is 1. The van der Waals surface area contributed by atoms with Gasteiger partial charge in [0.25, 0.3) is 11.8 Å². The number of nitrogens with zero attached hydrogens (tertiary/aromatic N) is 2. The SMILES string of the molecule is O=C(CCO/C=N/CCO)ON1C(=O)CCC1=O. The van der Waals surface area contributed by atoms with Crippen LogP contribution in [0.15, 0.2) is 4.99 Å². The highest BCUT2D eigenvalue weighted by Gasteiger charge is 2.32. The average Bonchev–Trinajstić information content (AvgIpc) is 2.65. The molecular weight excluding hydrogens is 244 g/mol. The third-order valence-corrected chi connectivity index (χ3v) is 2.00. The van der Waals surface area contributed by atoms with Gasteiger partial charge in [-0.3, -0.25) is 14.6 Å². The summed E-state index contributed by atoms with van der Waals surface area (Å²) in [6.07, 6.45) is 1.14. The molecule has 0 atom stereocenters. The number of aliphatic hydroxyl groups is 1. The first-order valence-corrected chi connectivity index (χ1v) is 5.42. The number of carbonyl (C=O) groups is 3. The Morgan fingerprint density at radius 3 is 2.67 bits per heavy atom. The predicted molar refractivity (Wildman–Crippen MR) is 58.2 cm³/mol. The third-order valence-electron chi connectivity index (χ3n) is 2.00. The van der Waals surface area contributed by atoms with Crippen molar-refractivity contribution < 1.29 is 29.1 Å². The Balaban J connectivity index is 2.18. The second-order valence-corrected chi connectivity index (χ2v) is 3.40. The minimum absolute atomic E-state index is 0.0178. The van der Waals surface area contributed by atoms with Crippen LogP contribution in [0, 0.1) is 0 Å². The standard InChI is InChI=1S/C10H14N2O6/c13-5-4-11-7-17-6-3-10(16)18-12-8(14)1-2-9(12)15/h7,13H,1-6H2/b11-7+. The lowest BCUT2D eigenvalue weighted by atomic mass is 10.4. The monoisotopic (exact) mass is 258 g/mol. The fourth-order valence-electron chi connectivity index (χ4n) is 1.16. The molecule has 0 radical (unpaired) electrons. The number of aliphatic hydroxyl groups excluding tert-OH is 1. The Morgan fingerprint density at radius 2 is 2.06 bits per heavy atom. The van der Waals surface area contributed by atoms with E-state index in [1.807, 2.05) is 0 Å². The number of rotatable bonds is 7. The van der Waals surface area contributed by atoms with Gasteiger partial charge >= 0.3 is 5.97 Å². The molecule has 0 spiro atoms. The van der Waals surface area contributed by atoms with Crippen LogP contribution in [0.1, 0.15) is 19.3 Å². The zero-order valence-corrected chi connectivity index (χ0v) is 9.70. The van der Waals surface area contributed by atoms with Gasteiger partial charge in [-0.1, -0.05) is 0 Å². The van der Waals surface area contributed by atoms with Crippen LogP contribution >= 0.6 is 0 Å². The summed E-state index contributed by atoms with van der Waals surface area (Å²) in [6, 6.07) is 0. The van der Waals surface area contributed by atoms with Crippen molar-refractivity contribution in [2.24, 2.45) is 4.99 Å². The number of hydrogen-bond acceptors (Lipinski definition) is 7. The fraction of sp³-hybridized carbons (Fsp3) is 0.600. The molecule has 1 fully saturated rings. The summed E-state index contributed by atoms with van der Waals surface area (Å²) in [7, 11) is 0. The molecule has 0 unspecified atom stereocenters. The van der Waals surface area contributed by atoms with Crippen LogP contribution in [-0.4, -0.2) is 54.1 Å². The van der Waals surface area contributed by atoms with Crippen LogP contribution < -0.4 is 0 Å². The summed E-state index contributed by atoms with van der Waals surface area (Å²) in [5, 5.41) is 8.90. The maximum Gasteiger partial charge on any atom is 0.336 e. The van der Waals surface area contributed by atoms with E-state index in [9.17, 15) is 14.4 Å². The Hall–Kier alpha value is -1.96. The van der Waals surface area contributed by atoms with Gasteiger partial charge in [0.15, 0.2) is 6.40 Å². The molecular formula is C10H14N2O6. The van der Waals surface area contributed by atoms with E-state index >= 15 is 0 Å². The second-order valence-electron chi connectivity index (χ2n) is 3.40. The molecule has 100 valence electrons. The zero-order chi connectivity index (χ0) is 13.4. The number of aliphatic imine (C=N–C) groups is 1. The van der Waals surface area contributed by atoms with Gasteiger partial charge < -0.3 is 14.7 Å². The summed E-state index contributed by atoms with van der Waals surface area (Å²) in [6.45, 7) is 0.159. The van der Waals surface area contributed by atoms with Crippen LogP contribution in [0.25, 0.3) is 0 Å². The molecule has 0 aromatic heterocycles. The van der Waals surface area contributed by atoms with Crippen LogP contribution in [0.4, 0.5) is 0 Å². The molecule has 0 aromatic carbocycles. The second kappa shape index (κ2) is 7.38. The minimum Gasteiger partial charge on any atom is -0.483 e. The van der Waals surface area contributed by atoms with Gasteiger partial charge in [0.05, 0.1) is 26.2 Å². The van der Waals surface area contributed by atoms with Crippen molar-refractivity contribution in [3.8, 4) is 0 Å². The Kier molecular flexibility index (Phi) is 5.78. The van der Waals surface area contributed by atoms with Crippen molar-refractivity contribution in [2.45, 2.75) is 19.3 Å². The maximum atomic E-state index is 11.2. The van der Waals surface area contributed by atoms with Crippen molar-refractivity contribution in [3.05, 3.63) is 0 Å². The summed E-state index contributed by atoms with van der Waals surface area (Å²) in [5.41, 5.74) is 0. The van der Waals surface area contributed by atoms with Crippen molar-refractivity contribution >= 4 is 24.2 Å². The molecule has 0 bridgehead atoms. The summed E-state index contributed by atoms with van der Waals surface area (Å²) in [4.78, 5) is 41.7. The zero-order valence-electron chi connectivity index (χ0n) is 9.70. The van der Waals surface area contributed by atoms with Gasteiger partial charge in [-0.2, -0.15) is 0 Å². The molecule has 1 aliphatic heterocycles. The molecule has 8 nitrogen and oxygen atoms in total. The van der Waals surface area contributed by atoms with Gasteiger partial charge in [-0.05, 0) is 0 Å². The number of carbonyl (C=O) groups excluding carboxylic acids is 3. The van der Waals surface area contributed by atoms with E-state index in [4.69, 9.17) is 9.84 Å². The van der Waals surface area contributed by atoms with Crippen molar-refractivity contribution in [1.82, 2.24) is 5.06 Å². The Labute approximate surface area is 103 Å². The highest BCUT2D eigenvalue weighted by molar-refractivity contribution is 6.01. The van der Waals surface area contributed by atoms with E-state index in [1.165, 1.54) is 0 Å². The highest BCUT2D eigenvalue weighted by Crippen LogP contribution is 2.12. The lowest BCUT2D eigenvalue weighted by molar-refractivity contribution is -0.197. The van der Waals surface area contributed by atoms with Crippen LogP contribution in [0.3, 0.4) is 0 Å². The van der Waals surface area contributed by atoms with E-state index in [0.717, 1.165) is 6.40 Å². The molecule has 1 rings (SSSR count). The largest absolute Gasteiger partial charge is 0.483 e. The molecule has 0 aliphatic carbocycles. The first-order chi connectivity index (χ1) is 8.65. The summed E-state index contributed by atoms with van der Waals surface area (Å²) >= 11 is 0. The summed E-state index contributed by atoms with van der Waals surface area (Å²) in [5.74, 6) is -1.76. The third kappa shape index (κ3) is 4.50. The van der Waals surface area contributed by atoms with Crippen molar-refractivity contribution in [2.75, 3.05) is 19.8 Å². The quantitative estimate of drug-likeness (QED) is 0.272. The number of hydroxylamine groups is 2. The number of amides is 2. The number of imide groups is 1. The van der Waals surface area contributed by atoms with E-state index in [2.05, 4.69) is 9.83 Å². The first kappa shape index (κ1) is 14.1. The van der Waals surface area contributed by atoms with E-state index in [-0.39, 0.29) is 39.0 Å². The van der Waals surface area contributed by atoms with Crippen molar-refractivity contribution in [3.63, 3.8) is 0 Å². The van der Waals surface area contributed by atoms with Gasteiger partial charge in [-0.15, -0.1) is 5.06 Å². The molecule has 1 saturated heterocycles. The van der Waals surface area contributed by atoms with E-state index < -0.39 is 17.8 Å². The van der Waals surface area contributed by atoms with Crippen LogP contribution in [0.2, 0.25) is 0 Å². The molecule has 1 aliphatic rings. The van der Waals surface area contributed by atoms with Gasteiger partial charge in [0.1, 0.15) is 0 Å². The lowest BCUT2D eigenvalue weighted by Crippen LogP contribution is -2.32. The predicted octanol–water partition coefficient (Wildman–Crippen LogP) is -0.979. The van der Waals surface area contributed by atoms with Crippen molar-refractivity contribution in [1.29, 1.82) is 0 Å². The molecule has 2 amide bonds. The van der Waals surface area contributed by atoms with E-state index in [0.29, 0.717) is 5.06 Å². The maximum absolute atomic E-state index is 11.2. The molecule has 0 aromatic rings. The smallest absolute Gasteiger partial charge is 0.336 e. The lowest BCUT2D eigenvalue weighted by Gasteiger charge is -2.12. The molecule has 1 N–H and O–H groups in total. The topological polar surface area (TPSA) is 106 Å². The van der Waals surface area contributed by atoms with Gasteiger partial charge in [0.2, 0.25) is 0 Å². The molecule has 8 heteroatoms. The molecule has 1 heterocycles. The molecule has 0 saturated carbocycles. The number of hydrogen-bond donors (Lipinski definition) is 1. The van der Waals surface area contributed by atoms with E-state index in [1.54, 1.807) is 0 Å². The Bertz CT molecular complexity index is 338. The van der Waals surface area contributed by atoms with Gasteiger partial charge in [0, 0.05) is 12.8 Å².